The molecule has 0 aliphatic carbocycles. The van der Waals surface area contributed by atoms with Crippen molar-refractivity contribution < 1.29 is 23.8 Å². The molecule has 1 aliphatic heterocycles. The van der Waals surface area contributed by atoms with Gasteiger partial charge in [0.1, 0.15) is 5.75 Å². The molecule has 7 nitrogen and oxygen atoms in total. The molecule has 0 bridgehead atoms. The van der Waals surface area contributed by atoms with E-state index in [1.165, 1.54) is 16.7 Å². The first-order chi connectivity index (χ1) is 18.8. The Balaban J connectivity index is 1.50. The van der Waals surface area contributed by atoms with Gasteiger partial charge in [0, 0.05) is 5.69 Å². The summed E-state index contributed by atoms with van der Waals surface area (Å²) in [5, 5.41) is 3.03. The predicted octanol–water partition coefficient (Wildman–Crippen LogP) is 6.87. The van der Waals surface area contributed by atoms with Crippen molar-refractivity contribution in [3.05, 3.63) is 81.7 Å². The predicted molar refractivity (Wildman–Crippen MR) is 161 cm³/mol. The van der Waals surface area contributed by atoms with E-state index in [4.69, 9.17) is 38.0 Å². The number of carbonyl (C=O) groups is 2. The van der Waals surface area contributed by atoms with E-state index in [-0.39, 0.29) is 29.2 Å². The van der Waals surface area contributed by atoms with E-state index in [1.807, 2.05) is 45.0 Å². The number of hydrogen-bond donors (Lipinski definition) is 1. The van der Waals surface area contributed by atoms with Gasteiger partial charge in [0.05, 0.1) is 28.8 Å². The van der Waals surface area contributed by atoms with E-state index < -0.39 is 0 Å². The summed E-state index contributed by atoms with van der Waals surface area (Å²) in [5.74, 6) is 0.754. The number of thioether (sulfide) groups is 1. The number of carbonyl (C=O) groups excluding carboxylic acids is 2. The molecule has 1 aliphatic rings. The van der Waals surface area contributed by atoms with Crippen LogP contribution in [0.2, 0.25) is 5.02 Å². The summed E-state index contributed by atoms with van der Waals surface area (Å²) in [6.45, 7) is 6.36. The first-order valence-corrected chi connectivity index (χ1v) is 13.9. The normalized spacial score (nSPS) is 14.1. The Morgan fingerprint density at radius 3 is 2.38 bits per heavy atom. The van der Waals surface area contributed by atoms with Crippen LogP contribution in [0.3, 0.4) is 0 Å². The largest absolute Gasteiger partial charge is 0.494 e. The Hall–Kier alpha value is -3.53. The van der Waals surface area contributed by atoms with Crippen molar-refractivity contribution in [1.82, 2.24) is 0 Å². The van der Waals surface area contributed by atoms with Crippen LogP contribution in [-0.2, 0) is 9.59 Å². The average Bonchev–Trinajstić information content (AvgIpc) is 3.18. The summed E-state index contributed by atoms with van der Waals surface area (Å²) in [6.07, 6.45) is 1.70. The molecule has 0 radical (unpaired) electrons. The third kappa shape index (κ3) is 7.11. The van der Waals surface area contributed by atoms with Crippen LogP contribution in [0.4, 0.5) is 11.4 Å². The highest BCUT2D eigenvalue weighted by Crippen LogP contribution is 2.40. The monoisotopic (exact) mass is 582 g/mol. The fourth-order valence-electron chi connectivity index (χ4n) is 3.75. The van der Waals surface area contributed by atoms with Gasteiger partial charge in [-0.05, 0) is 80.9 Å². The molecule has 0 saturated carbocycles. The summed E-state index contributed by atoms with van der Waals surface area (Å²) in [5.41, 5.74) is 3.05. The van der Waals surface area contributed by atoms with Gasteiger partial charge in [-0.1, -0.05) is 53.3 Å². The molecule has 0 aromatic heterocycles. The van der Waals surface area contributed by atoms with Gasteiger partial charge >= 0.3 is 0 Å². The lowest BCUT2D eigenvalue weighted by molar-refractivity contribution is -0.118. The Bertz CT molecular complexity index is 1410. The van der Waals surface area contributed by atoms with E-state index >= 15 is 0 Å². The Morgan fingerprint density at radius 1 is 1.03 bits per heavy atom. The summed E-state index contributed by atoms with van der Waals surface area (Å²) in [4.78, 5) is 27.6. The minimum Gasteiger partial charge on any atom is -0.494 e. The summed E-state index contributed by atoms with van der Waals surface area (Å²) >= 11 is 13.2. The Labute approximate surface area is 242 Å². The molecule has 1 saturated heterocycles. The maximum atomic E-state index is 13.2. The Morgan fingerprint density at radius 2 is 1.72 bits per heavy atom. The lowest BCUT2D eigenvalue weighted by Crippen LogP contribution is -2.27. The van der Waals surface area contributed by atoms with Crippen LogP contribution in [0, 0.1) is 6.92 Å². The summed E-state index contributed by atoms with van der Waals surface area (Å²) < 4.78 is 17.4. The van der Waals surface area contributed by atoms with Gasteiger partial charge in [0.25, 0.3) is 11.8 Å². The standard InChI is InChI=1S/C29H27ClN2O5S2/c1-4-35-22-12-10-21(11-13-22)32-28(34)25(39-29(32)38)16-19-14-23(30)27(24(15-19)36-5-2)37-17-26(33)31-20-8-6-18(3)7-9-20/h6-16H,4-5,17H2,1-3H3,(H,31,33)/b25-16-. The highest BCUT2D eigenvalue weighted by Gasteiger charge is 2.33. The van der Waals surface area contributed by atoms with Crippen molar-refractivity contribution in [2.75, 3.05) is 30.0 Å². The van der Waals surface area contributed by atoms with Crippen LogP contribution in [0.5, 0.6) is 17.2 Å². The van der Waals surface area contributed by atoms with E-state index in [0.717, 1.165) is 11.3 Å². The van der Waals surface area contributed by atoms with E-state index in [1.54, 1.807) is 42.5 Å². The van der Waals surface area contributed by atoms with Crippen LogP contribution in [0.25, 0.3) is 6.08 Å². The molecule has 202 valence electrons. The second-order valence-electron chi connectivity index (χ2n) is 8.41. The van der Waals surface area contributed by atoms with Crippen molar-refractivity contribution in [1.29, 1.82) is 0 Å². The van der Waals surface area contributed by atoms with E-state index in [9.17, 15) is 9.59 Å². The minimum absolute atomic E-state index is 0.239. The summed E-state index contributed by atoms with van der Waals surface area (Å²) in [7, 11) is 0. The number of rotatable bonds is 10. The van der Waals surface area contributed by atoms with Crippen LogP contribution in [0.1, 0.15) is 25.0 Å². The average molecular weight is 583 g/mol. The van der Waals surface area contributed by atoms with Crippen molar-refractivity contribution in [3.8, 4) is 17.2 Å². The number of thiocarbonyl (C=S) groups is 1. The quantitative estimate of drug-likeness (QED) is 0.206. The lowest BCUT2D eigenvalue weighted by atomic mass is 10.1. The van der Waals surface area contributed by atoms with Gasteiger partial charge in [-0.3, -0.25) is 14.5 Å². The molecule has 39 heavy (non-hydrogen) atoms. The minimum atomic E-state index is -0.334. The van der Waals surface area contributed by atoms with Crippen molar-refractivity contribution >= 4 is 69.2 Å². The maximum absolute atomic E-state index is 13.2. The molecule has 0 atom stereocenters. The van der Waals surface area contributed by atoms with Gasteiger partial charge in [0.15, 0.2) is 22.4 Å². The number of amides is 2. The molecule has 4 rings (SSSR count). The molecule has 1 N–H and O–H groups in total. The van der Waals surface area contributed by atoms with Crippen molar-refractivity contribution in [3.63, 3.8) is 0 Å². The Kier molecular flexibility index (Phi) is 9.50. The molecular weight excluding hydrogens is 556 g/mol. The van der Waals surface area contributed by atoms with E-state index in [2.05, 4.69) is 5.32 Å². The molecule has 1 fully saturated rings. The smallest absolute Gasteiger partial charge is 0.270 e. The molecule has 3 aromatic carbocycles. The third-order valence-corrected chi connectivity index (χ3v) is 7.09. The van der Waals surface area contributed by atoms with E-state index in [0.29, 0.717) is 45.1 Å². The summed E-state index contributed by atoms with van der Waals surface area (Å²) in [6, 6.07) is 18.0. The van der Waals surface area contributed by atoms with Crippen LogP contribution in [0.15, 0.2) is 65.6 Å². The molecule has 3 aromatic rings. The molecule has 0 spiro atoms. The number of nitrogens with one attached hydrogen (secondary N) is 1. The number of anilines is 2. The third-order valence-electron chi connectivity index (χ3n) is 5.51. The van der Waals surface area contributed by atoms with Gasteiger partial charge in [-0.25, -0.2) is 0 Å². The van der Waals surface area contributed by atoms with Gasteiger partial charge < -0.3 is 19.5 Å². The molecule has 2 amide bonds. The number of hydrogen-bond acceptors (Lipinski definition) is 7. The fraction of sp³-hybridized carbons (Fsp3) is 0.207. The highest BCUT2D eigenvalue weighted by atomic mass is 35.5. The topological polar surface area (TPSA) is 77.1 Å². The molecule has 0 unspecified atom stereocenters. The molecular formula is C29H27ClN2O5S2. The number of ether oxygens (including phenoxy) is 3. The molecule has 1 heterocycles. The SMILES string of the molecule is CCOc1ccc(N2C(=O)/C(=C/c3cc(Cl)c(OCC(=O)Nc4ccc(C)cc4)c(OCC)c3)SC2=S)cc1. The number of halogens is 1. The van der Waals surface area contributed by atoms with Crippen LogP contribution < -0.4 is 24.4 Å². The van der Waals surface area contributed by atoms with Gasteiger partial charge in [0.2, 0.25) is 0 Å². The highest BCUT2D eigenvalue weighted by molar-refractivity contribution is 8.27. The lowest BCUT2D eigenvalue weighted by Gasteiger charge is -2.15. The second-order valence-corrected chi connectivity index (χ2v) is 10.5. The maximum Gasteiger partial charge on any atom is 0.270 e. The second kappa shape index (κ2) is 13.0. The van der Waals surface area contributed by atoms with Crippen molar-refractivity contribution in [2.45, 2.75) is 20.8 Å². The zero-order valence-corrected chi connectivity index (χ0v) is 24.0. The number of benzene rings is 3. The van der Waals surface area contributed by atoms with Gasteiger partial charge in [-0.2, -0.15) is 0 Å². The van der Waals surface area contributed by atoms with Crippen molar-refractivity contribution in [2.24, 2.45) is 0 Å². The van der Waals surface area contributed by atoms with Gasteiger partial charge in [-0.15, -0.1) is 0 Å². The molecule has 10 heteroatoms. The number of aryl methyl sites for hydroxylation is 1. The first kappa shape index (κ1) is 28.5. The zero-order valence-electron chi connectivity index (χ0n) is 21.7. The van der Waals surface area contributed by atoms with Crippen LogP contribution >= 0.6 is 35.6 Å². The number of nitrogens with zero attached hydrogens (tertiary/aromatic N) is 1. The zero-order chi connectivity index (χ0) is 27.9. The van der Waals surface area contributed by atoms with Crippen LogP contribution in [-0.4, -0.2) is 36.0 Å². The fourth-order valence-corrected chi connectivity index (χ4v) is 5.32. The first-order valence-electron chi connectivity index (χ1n) is 12.3.